The highest BCUT2D eigenvalue weighted by atomic mass is 35.5. The van der Waals surface area contributed by atoms with Crippen molar-refractivity contribution in [2.75, 3.05) is 0 Å². The van der Waals surface area contributed by atoms with Crippen LogP contribution in [0, 0.1) is 17.6 Å². The van der Waals surface area contributed by atoms with Gasteiger partial charge in [-0.3, -0.25) is 4.79 Å². The summed E-state index contributed by atoms with van der Waals surface area (Å²) >= 11 is 0. The molecule has 1 saturated carbocycles. The van der Waals surface area contributed by atoms with Crippen LogP contribution in [0.15, 0.2) is 18.2 Å². The minimum absolute atomic E-state index is 0. The van der Waals surface area contributed by atoms with E-state index in [4.69, 9.17) is 5.73 Å². The second-order valence-electron chi connectivity index (χ2n) is 5.76. The molecule has 22 heavy (non-hydrogen) atoms. The van der Waals surface area contributed by atoms with Crippen LogP contribution in [0.2, 0.25) is 0 Å². The molecule has 2 rings (SSSR count). The van der Waals surface area contributed by atoms with Gasteiger partial charge in [0.2, 0.25) is 5.91 Å². The summed E-state index contributed by atoms with van der Waals surface area (Å²) in [5.41, 5.74) is 6.22. The average molecular weight is 333 g/mol. The SMILES string of the molecule is CCC(NC(=O)C1CCCC(N)C1)c1ccc(F)cc1F.Cl. The first-order valence-corrected chi connectivity index (χ1v) is 7.52. The van der Waals surface area contributed by atoms with Crippen molar-refractivity contribution in [2.45, 2.75) is 51.1 Å². The summed E-state index contributed by atoms with van der Waals surface area (Å²) in [5.74, 6) is -1.43. The summed E-state index contributed by atoms with van der Waals surface area (Å²) in [6, 6.07) is 3.09. The first kappa shape index (κ1) is 18.8. The Balaban J connectivity index is 0.00000242. The Bertz CT molecular complexity index is 513. The molecular formula is C16H23ClF2N2O. The molecule has 124 valence electrons. The number of hydrogen-bond acceptors (Lipinski definition) is 2. The molecule has 0 aromatic heterocycles. The van der Waals surface area contributed by atoms with E-state index in [0.717, 1.165) is 25.3 Å². The highest BCUT2D eigenvalue weighted by Crippen LogP contribution is 2.26. The summed E-state index contributed by atoms with van der Waals surface area (Å²) in [5, 5.41) is 2.88. The molecule has 0 spiro atoms. The number of benzene rings is 1. The molecule has 0 bridgehead atoms. The quantitative estimate of drug-likeness (QED) is 0.887. The molecule has 0 aliphatic heterocycles. The van der Waals surface area contributed by atoms with E-state index < -0.39 is 17.7 Å². The van der Waals surface area contributed by atoms with Crippen molar-refractivity contribution < 1.29 is 13.6 Å². The predicted molar refractivity (Wildman–Crippen MR) is 84.7 cm³/mol. The van der Waals surface area contributed by atoms with E-state index in [9.17, 15) is 13.6 Å². The molecule has 3 nitrogen and oxygen atoms in total. The summed E-state index contributed by atoms with van der Waals surface area (Å²) in [7, 11) is 0. The molecule has 1 aromatic rings. The van der Waals surface area contributed by atoms with E-state index in [1.807, 2.05) is 6.92 Å². The van der Waals surface area contributed by atoms with Crippen molar-refractivity contribution in [3.05, 3.63) is 35.4 Å². The number of halogens is 3. The maximum atomic E-state index is 13.8. The van der Waals surface area contributed by atoms with E-state index in [2.05, 4.69) is 5.32 Å². The van der Waals surface area contributed by atoms with Crippen molar-refractivity contribution in [1.29, 1.82) is 0 Å². The van der Waals surface area contributed by atoms with Gasteiger partial charge in [-0.25, -0.2) is 8.78 Å². The van der Waals surface area contributed by atoms with Gasteiger partial charge in [-0.1, -0.05) is 19.4 Å². The molecule has 1 aromatic carbocycles. The van der Waals surface area contributed by atoms with Crippen LogP contribution in [0.1, 0.15) is 50.6 Å². The van der Waals surface area contributed by atoms with Crippen LogP contribution in [0.3, 0.4) is 0 Å². The van der Waals surface area contributed by atoms with Crippen LogP contribution in [0.25, 0.3) is 0 Å². The number of hydrogen-bond donors (Lipinski definition) is 2. The highest BCUT2D eigenvalue weighted by Gasteiger charge is 2.27. The molecular weight excluding hydrogens is 310 g/mol. The number of nitrogens with one attached hydrogen (secondary N) is 1. The normalized spacial score (nSPS) is 22.5. The fourth-order valence-electron chi connectivity index (χ4n) is 2.94. The van der Waals surface area contributed by atoms with E-state index in [1.54, 1.807) is 0 Å². The maximum Gasteiger partial charge on any atom is 0.223 e. The number of amides is 1. The summed E-state index contributed by atoms with van der Waals surface area (Å²) in [6.07, 6.45) is 3.94. The van der Waals surface area contributed by atoms with Gasteiger partial charge >= 0.3 is 0 Å². The maximum absolute atomic E-state index is 13.8. The number of nitrogens with two attached hydrogens (primary N) is 1. The second kappa shape index (κ2) is 8.44. The first-order chi connectivity index (χ1) is 10.0. The zero-order valence-electron chi connectivity index (χ0n) is 12.6. The first-order valence-electron chi connectivity index (χ1n) is 7.52. The van der Waals surface area contributed by atoms with Gasteiger partial charge in [-0.15, -0.1) is 12.4 Å². The monoisotopic (exact) mass is 332 g/mol. The minimum atomic E-state index is -0.623. The third-order valence-corrected chi connectivity index (χ3v) is 4.15. The van der Waals surface area contributed by atoms with E-state index in [-0.39, 0.29) is 30.3 Å². The zero-order valence-corrected chi connectivity index (χ0v) is 13.5. The summed E-state index contributed by atoms with van der Waals surface area (Å²) in [6.45, 7) is 1.86. The molecule has 3 unspecified atom stereocenters. The van der Waals surface area contributed by atoms with Gasteiger partial charge < -0.3 is 11.1 Å². The van der Waals surface area contributed by atoms with E-state index in [0.29, 0.717) is 18.4 Å². The summed E-state index contributed by atoms with van der Waals surface area (Å²) in [4.78, 5) is 12.3. The molecule has 1 fully saturated rings. The molecule has 0 heterocycles. The van der Waals surface area contributed by atoms with Gasteiger partial charge in [0.1, 0.15) is 11.6 Å². The Morgan fingerprint density at radius 1 is 1.41 bits per heavy atom. The average Bonchev–Trinajstić information content (AvgIpc) is 2.45. The van der Waals surface area contributed by atoms with Crippen LogP contribution in [0.5, 0.6) is 0 Å². The Morgan fingerprint density at radius 3 is 2.73 bits per heavy atom. The predicted octanol–water partition coefficient (Wildman–Crippen LogP) is 3.47. The van der Waals surface area contributed by atoms with E-state index in [1.165, 1.54) is 12.1 Å². The third-order valence-electron chi connectivity index (χ3n) is 4.15. The van der Waals surface area contributed by atoms with Gasteiger partial charge in [-0.05, 0) is 31.7 Å². The van der Waals surface area contributed by atoms with Crippen LogP contribution >= 0.6 is 12.4 Å². The molecule has 6 heteroatoms. The van der Waals surface area contributed by atoms with Crippen molar-refractivity contribution in [2.24, 2.45) is 11.7 Å². The largest absolute Gasteiger partial charge is 0.349 e. The number of carbonyl (C=O) groups is 1. The molecule has 0 saturated heterocycles. The van der Waals surface area contributed by atoms with Crippen LogP contribution in [-0.2, 0) is 4.79 Å². The molecule has 3 atom stereocenters. The van der Waals surface area contributed by atoms with Gasteiger partial charge in [0.25, 0.3) is 0 Å². The molecule has 0 radical (unpaired) electrons. The zero-order chi connectivity index (χ0) is 15.4. The highest BCUT2D eigenvalue weighted by molar-refractivity contribution is 5.85. The third kappa shape index (κ3) is 4.65. The lowest BCUT2D eigenvalue weighted by Gasteiger charge is -2.28. The Morgan fingerprint density at radius 2 is 2.14 bits per heavy atom. The lowest BCUT2D eigenvalue weighted by Crippen LogP contribution is -2.39. The minimum Gasteiger partial charge on any atom is -0.349 e. The van der Waals surface area contributed by atoms with Crippen molar-refractivity contribution in [3.63, 3.8) is 0 Å². The van der Waals surface area contributed by atoms with Gasteiger partial charge in [-0.2, -0.15) is 0 Å². The lowest BCUT2D eigenvalue weighted by molar-refractivity contribution is -0.126. The van der Waals surface area contributed by atoms with Crippen LogP contribution < -0.4 is 11.1 Å². The van der Waals surface area contributed by atoms with Crippen molar-refractivity contribution >= 4 is 18.3 Å². The smallest absolute Gasteiger partial charge is 0.223 e. The van der Waals surface area contributed by atoms with Crippen molar-refractivity contribution in [1.82, 2.24) is 5.32 Å². The van der Waals surface area contributed by atoms with Gasteiger partial charge in [0.15, 0.2) is 0 Å². The Labute approximate surface area is 136 Å². The molecule has 3 N–H and O–H groups in total. The topological polar surface area (TPSA) is 55.1 Å². The number of rotatable bonds is 4. The number of carbonyl (C=O) groups excluding carboxylic acids is 1. The van der Waals surface area contributed by atoms with Crippen LogP contribution in [0.4, 0.5) is 8.78 Å². The molecule has 1 aliphatic carbocycles. The summed E-state index contributed by atoms with van der Waals surface area (Å²) < 4.78 is 26.8. The van der Waals surface area contributed by atoms with E-state index >= 15 is 0 Å². The van der Waals surface area contributed by atoms with Gasteiger partial charge in [0.05, 0.1) is 6.04 Å². The Hall–Kier alpha value is -1.20. The standard InChI is InChI=1S/C16H22F2N2O.ClH/c1-2-15(13-7-6-11(17)9-14(13)18)20-16(21)10-4-3-5-12(19)8-10;/h6-7,9-10,12,15H,2-5,8,19H2,1H3,(H,20,21);1H. The fourth-order valence-corrected chi connectivity index (χ4v) is 2.94. The lowest BCUT2D eigenvalue weighted by atomic mass is 9.85. The molecule has 1 amide bonds. The van der Waals surface area contributed by atoms with Gasteiger partial charge in [0, 0.05) is 23.6 Å². The second-order valence-corrected chi connectivity index (χ2v) is 5.76. The molecule has 1 aliphatic rings. The van der Waals surface area contributed by atoms with Crippen LogP contribution in [-0.4, -0.2) is 11.9 Å². The fraction of sp³-hybridized carbons (Fsp3) is 0.562. The Kier molecular flexibility index (Phi) is 7.23. The van der Waals surface area contributed by atoms with Crippen molar-refractivity contribution in [3.8, 4) is 0 Å².